The lowest BCUT2D eigenvalue weighted by molar-refractivity contribution is -0.178. The Balaban J connectivity index is 0.00000119. The molecule has 0 spiro atoms. The SMILES string of the molecule is CC(C)(Br)C(=O)OCC(C)(COC(=O)C(C)(C)Br)C(=O)OCCOC(=O)ON1C(=O)CCC1=O.CCOC(=O)C(C)(COC(=O)C(C)(C)Br)COC(=O)C(C)(C)Br. The van der Waals surface area contributed by atoms with Crippen molar-refractivity contribution in [2.24, 2.45) is 10.8 Å². The third-order valence-electron chi connectivity index (χ3n) is 7.00. The lowest BCUT2D eigenvalue weighted by Crippen LogP contribution is -2.43. The minimum atomic E-state index is -1.57. The third kappa shape index (κ3) is 19.6. The molecule has 0 aliphatic carbocycles. The van der Waals surface area contributed by atoms with Crippen molar-refractivity contribution in [1.29, 1.82) is 0 Å². The lowest BCUT2D eigenvalue weighted by atomic mass is 9.93. The molecule has 1 aliphatic rings. The molecule has 18 nitrogen and oxygen atoms in total. The second-order valence-corrected chi connectivity index (χ2v) is 22.9. The van der Waals surface area contributed by atoms with E-state index in [4.69, 9.17) is 28.4 Å². The maximum atomic E-state index is 12.7. The molecule has 0 unspecified atom stereocenters. The lowest BCUT2D eigenvalue weighted by Gasteiger charge is -2.28. The summed E-state index contributed by atoms with van der Waals surface area (Å²) in [7, 11) is 0. The van der Waals surface area contributed by atoms with Crippen LogP contribution in [-0.2, 0) is 76.4 Å². The molecule has 1 aliphatic heterocycles. The number of ether oxygens (including phenoxy) is 7. The van der Waals surface area contributed by atoms with E-state index in [0.717, 1.165) is 0 Å². The maximum Gasteiger partial charge on any atom is 0.534 e. The summed E-state index contributed by atoms with van der Waals surface area (Å²) in [5.41, 5.74) is -2.85. The van der Waals surface area contributed by atoms with Gasteiger partial charge in [-0.1, -0.05) is 68.8 Å². The molecule has 0 bridgehead atoms. The molecular formula is C35H51Br4NO17. The average Bonchev–Trinajstić information content (AvgIpc) is 3.39. The van der Waals surface area contributed by atoms with Gasteiger partial charge in [-0.3, -0.25) is 43.2 Å². The van der Waals surface area contributed by atoms with Gasteiger partial charge in [0.25, 0.3) is 11.8 Å². The Morgan fingerprint density at radius 3 is 1.04 bits per heavy atom. The fraction of sp³-hybridized carbons (Fsp3) is 0.743. The Morgan fingerprint density at radius 2 is 0.754 bits per heavy atom. The largest absolute Gasteiger partial charge is 0.534 e. The van der Waals surface area contributed by atoms with Crippen LogP contribution >= 0.6 is 63.7 Å². The van der Waals surface area contributed by atoms with Gasteiger partial charge in [0.05, 0.1) is 6.61 Å². The summed E-state index contributed by atoms with van der Waals surface area (Å²) in [6.07, 6.45) is -1.48. The monoisotopic (exact) mass is 1070 g/mol. The number of hydrogen-bond acceptors (Lipinski definition) is 17. The predicted molar refractivity (Wildman–Crippen MR) is 213 cm³/mol. The van der Waals surface area contributed by atoms with E-state index in [1.165, 1.54) is 13.8 Å². The third-order valence-corrected chi connectivity index (χ3v) is 8.29. The number of amides is 2. The molecule has 0 aromatic rings. The number of nitrogens with zero attached hydrogens (tertiary/aromatic N) is 1. The van der Waals surface area contributed by atoms with Crippen LogP contribution in [0.2, 0.25) is 0 Å². The molecule has 0 radical (unpaired) electrons. The minimum absolute atomic E-state index is 0.0734. The number of hydrogen-bond donors (Lipinski definition) is 0. The van der Waals surface area contributed by atoms with Crippen LogP contribution in [-0.4, -0.2) is 122 Å². The minimum Gasteiger partial charge on any atom is -0.465 e. The summed E-state index contributed by atoms with van der Waals surface area (Å²) in [5.74, 6) is -5.21. The molecule has 0 saturated carbocycles. The number of carbonyl (C=O) groups is 9. The van der Waals surface area contributed by atoms with Gasteiger partial charge in [-0.25, -0.2) is 4.79 Å². The number of imide groups is 1. The fourth-order valence-corrected chi connectivity index (χ4v) is 3.86. The normalized spacial score (nSPS) is 13.7. The summed E-state index contributed by atoms with van der Waals surface area (Å²) in [4.78, 5) is 112. The number of halogens is 4. The Morgan fingerprint density at radius 1 is 0.474 bits per heavy atom. The van der Waals surface area contributed by atoms with Gasteiger partial charge in [0.15, 0.2) is 0 Å². The van der Waals surface area contributed by atoms with Crippen molar-refractivity contribution in [3.63, 3.8) is 0 Å². The number of esters is 6. The Kier molecular flexibility index (Phi) is 21.4. The van der Waals surface area contributed by atoms with E-state index in [2.05, 4.69) is 73.3 Å². The average molecular weight is 1080 g/mol. The van der Waals surface area contributed by atoms with Crippen molar-refractivity contribution >= 4 is 118 Å². The van der Waals surface area contributed by atoms with E-state index < -0.39 is 108 Å². The van der Waals surface area contributed by atoms with Crippen molar-refractivity contribution in [3.8, 4) is 0 Å². The van der Waals surface area contributed by atoms with Gasteiger partial charge in [0.2, 0.25) is 0 Å². The molecular weight excluding hydrogens is 1030 g/mol. The van der Waals surface area contributed by atoms with Crippen molar-refractivity contribution in [3.05, 3.63) is 0 Å². The molecule has 1 rings (SSSR count). The highest BCUT2D eigenvalue weighted by Gasteiger charge is 2.43. The van der Waals surface area contributed by atoms with Crippen molar-refractivity contribution in [1.82, 2.24) is 5.06 Å². The number of carbonyl (C=O) groups excluding carboxylic acids is 9. The molecule has 0 atom stereocenters. The summed E-state index contributed by atoms with van der Waals surface area (Å²) in [6, 6.07) is 0. The Bertz CT molecular complexity index is 1410. The summed E-state index contributed by atoms with van der Waals surface area (Å²) in [5, 5.41) is 0.310. The van der Waals surface area contributed by atoms with Gasteiger partial charge < -0.3 is 33.2 Å². The number of alkyl halides is 4. The topological polar surface area (TPSA) is 231 Å². The van der Waals surface area contributed by atoms with Crippen LogP contribution in [0.4, 0.5) is 4.79 Å². The van der Waals surface area contributed by atoms with Gasteiger partial charge in [-0.2, -0.15) is 0 Å². The predicted octanol–water partition coefficient (Wildman–Crippen LogP) is 5.18. The second-order valence-electron chi connectivity index (χ2n) is 14.9. The van der Waals surface area contributed by atoms with Gasteiger partial charge in [-0.05, 0) is 76.2 Å². The zero-order valence-corrected chi connectivity index (χ0v) is 40.1. The van der Waals surface area contributed by atoms with Gasteiger partial charge >= 0.3 is 42.0 Å². The molecule has 1 heterocycles. The zero-order valence-electron chi connectivity index (χ0n) is 33.8. The van der Waals surface area contributed by atoms with Crippen molar-refractivity contribution in [2.45, 2.75) is 106 Å². The van der Waals surface area contributed by atoms with E-state index in [0.29, 0.717) is 5.06 Å². The van der Waals surface area contributed by atoms with Crippen LogP contribution in [0.15, 0.2) is 0 Å². The summed E-state index contributed by atoms with van der Waals surface area (Å²) < 4.78 is 31.7. The highest BCUT2D eigenvalue weighted by Crippen LogP contribution is 2.27. The standard InChI is InChI=1S/C20H27Br2NO11.C15H24Br2O6/c1-18(2,21)14(26)32-10-20(5,11-33-15(27)19(3,4)22)16(28)30-8-9-31-17(29)34-23-12(24)6-7-13(23)25;1-7-21-12(20)15(6,8-22-10(18)13(2,3)16)9-23-11(19)14(4,5)17/h6-11H2,1-5H3;7-9H2,1-6H3. The number of hydroxylamine groups is 2. The van der Waals surface area contributed by atoms with E-state index in [9.17, 15) is 43.2 Å². The van der Waals surface area contributed by atoms with Gasteiger partial charge in [0.1, 0.15) is 67.8 Å². The molecule has 0 aromatic carbocycles. The first kappa shape index (κ1) is 54.2. The molecule has 326 valence electrons. The number of rotatable bonds is 19. The first-order chi connectivity index (χ1) is 25.7. The fourth-order valence-electron chi connectivity index (χ4n) is 3.40. The van der Waals surface area contributed by atoms with Crippen LogP contribution < -0.4 is 0 Å². The molecule has 1 saturated heterocycles. The zero-order chi connectivity index (χ0) is 44.8. The summed E-state index contributed by atoms with van der Waals surface area (Å²) >= 11 is 12.7. The highest BCUT2D eigenvalue weighted by atomic mass is 79.9. The van der Waals surface area contributed by atoms with E-state index in [-0.39, 0.29) is 32.7 Å². The van der Waals surface area contributed by atoms with Crippen molar-refractivity contribution < 1.29 is 81.1 Å². The Labute approximate surface area is 365 Å². The molecule has 57 heavy (non-hydrogen) atoms. The Hall–Kier alpha value is -2.85. The van der Waals surface area contributed by atoms with Crippen LogP contribution in [0.1, 0.15) is 89.0 Å². The first-order valence-electron chi connectivity index (χ1n) is 17.2. The van der Waals surface area contributed by atoms with Crippen LogP contribution in [0.5, 0.6) is 0 Å². The first-order valence-corrected chi connectivity index (χ1v) is 20.4. The van der Waals surface area contributed by atoms with Crippen molar-refractivity contribution in [2.75, 3.05) is 46.2 Å². The quantitative estimate of drug-likeness (QED) is 0.0534. The van der Waals surface area contributed by atoms with Crippen LogP contribution in [0, 0.1) is 10.8 Å². The molecule has 0 N–H and O–H groups in total. The molecule has 22 heteroatoms. The summed E-state index contributed by atoms with van der Waals surface area (Å²) in [6.45, 7) is 15.1. The molecule has 0 aromatic heterocycles. The van der Waals surface area contributed by atoms with Crippen LogP contribution in [0.25, 0.3) is 0 Å². The second kappa shape index (κ2) is 22.5. The van der Waals surface area contributed by atoms with Crippen LogP contribution in [0.3, 0.4) is 0 Å². The van der Waals surface area contributed by atoms with E-state index in [1.807, 2.05) is 0 Å². The van der Waals surface area contributed by atoms with E-state index >= 15 is 0 Å². The van der Waals surface area contributed by atoms with E-state index in [1.54, 1.807) is 62.3 Å². The van der Waals surface area contributed by atoms with Gasteiger partial charge in [0, 0.05) is 12.8 Å². The molecule has 2 amide bonds. The van der Waals surface area contributed by atoms with Gasteiger partial charge in [-0.15, -0.1) is 0 Å². The smallest absolute Gasteiger partial charge is 0.465 e. The maximum absolute atomic E-state index is 12.7. The highest BCUT2D eigenvalue weighted by molar-refractivity contribution is 9.10. The molecule has 1 fully saturated rings.